The number of ether oxygens (including phenoxy) is 3. The third-order valence-electron chi connectivity index (χ3n) is 3.90. The summed E-state index contributed by atoms with van der Waals surface area (Å²) in [5.41, 5.74) is 8.71. The van der Waals surface area contributed by atoms with Crippen LogP contribution in [-0.2, 0) is 22.7 Å². The fraction of sp³-hybridized carbons (Fsp3) is 0.600. The Morgan fingerprint density at radius 1 is 1.26 bits per heavy atom. The standard InChI is InChI=1S/C15H21NO3/c16-14-5-12(8-17-7-11-3-1-2-4-11)15-13(6-14)9-18-10-19-15/h5-6,11H,1-4,7-10,16H2. The van der Waals surface area contributed by atoms with Crippen LogP contribution >= 0.6 is 0 Å². The van der Waals surface area contributed by atoms with E-state index in [0.29, 0.717) is 20.0 Å². The van der Waals surface area contributed by atoms with Crippen LogP contribution in [0.2, 0.25) is 0 Å². The summed E-state index contributed by atoms with van der Waals surface area (Å²) in [5, 5.41) is 0. The molecule has 3 rings (SSSR count). The van der Waals surface area contributed by atoms with Gasteiger partial charge in [0.25, 0.3) is 0 Å². The van der Waals surface area contributed by atoms with Gasteiger partial charge in [-0.3, -0.25) is 0 Å². The smallest absolute Gasteiger partial charge is 0.189 e. The molecule has 0 saturated heterocycles. The van der Waals surface area contributed by atoms with Gasteiger partial charge in [-0.2, -0.15) is 0 Å². The van der Waals surface area contributed by atoms with Crippen molar-refractivity contribution in [1.82, 2.24) is 0 Å². The van der Waals surface area contributed by atoms with E-state index < -0.39 is 0 Å². The highest BCUT2D eigenvalue weighted by Crippen LogP contribution is 2.32. The third-order valence-corrected chi connectivity index (χ3v) is 3.90. The highest BCUT2D eigenvalue weighted by Gasteiger charge is 2.18. The second-order valence-electron chi connectivity index (χ2n) is 5.44. The Balaban J connectivity index is 1.64. The Morgan fingerprint density at radius 2 is 2.11 bits per heavy atom. The number of nitrogens with two attached hydrogens (primary N) is 1. The summed E-state index contributed by atoms with van der Waals surface area (Å²) >= 11 is 0. The quantitative estimate of drug-likeness (QED) is 0.849. The molecule has 104 valence electrons. The zero-order valence-electron chi connectivity index (χ0n) is 11.2. The average molecular weight is 263 g/mol. The molecule has 0 amide bonds. The highest BCUT2D eigenvalue weighted by atomic mass is 16.7. The van der Waals surface area contributed by atoms with E-state index in [1.54, 1.807) is 0 Å². The Kier molecular flexibility index (Phi) is 3.89. The fourth-order valence-corrected chi connectivity index (χ4v) is 2.95. The van der Waals surface area contributed by atoms with E-state index in [0.717, 1.165) is 35.1 Å². The molecule has 0 spiro atoms. The summed E-state index contributed by atoms with van der Waals surface area (Å²) < 4.78 is 16.7. The largest absolute Gasteiger partial charge is 0.467 e. The monoisotopic (exact) mass is 263 g/mol. The number of fused-ring (bicyclic) bond motifs is 1. The zero-order valence-corrected chi connectivity index (χ0v) is 11.2. The minimum Gasteiger partial charge on any atom is -0.467 e. The van der Waals surface area contributed by atoms with Crippen molar-refractivity contribution in [3.63, 3.8) is 0 Å². The molecule has 4 nitrogen and oxygen atoms in total. The van der Waals surface area contributed by atoms with Crippen molar-refractivity contribution in [2.45, 2.75) is 38.9 Å². The molecule has 1 saturated carbocycles. The molecule has 1 heterocycles. The molecule has 1 aliphatic heterocycles. The lowest BCUT2D eigenvalue weighted by Gasteiger charge is -2.21. The number of nitrogen functional groups attached to an aromatic ring is 1. The molecule has 1 aromatic carbocycles. The average Bonchev–Trinajstić information content (AvgIpc) is 2.91. The molecule has 0 radical (unpaired) electrons. The number of anilines is 1. The molecule has 19 heavy (non-hydrogen) atoms. The number of rotatable bonds is 4. The second-order valence-corrected chi connectivity index (χ2v) is 5.44. The summed E-state index contributed by atoms with van der Waals surface area (Å²) in [6.07, 6.45) is 5.31. The molecule has 0 bridgehead atoms. The molecule has 0 atom stereocenters. The first-order valence-corrected chi connectivity index (χ1v) is 7.02. The van der Waals surface area contributed by atoms with Crippen LogP contribution in [0.1, 0.15) is 36.8 Å². The van der Waals surface area contributed by atoms with Gasteiger partial charge in [-0.05, 0) is 30.9 Å². The van der Waals surface area contributed by atoms with E-state index in [4.69, 9.17) is 19.9 Å². The summed E-state index contributed by atoms with van der Waals surface area (Å²) in [4.78, 5) is 0. The van der Waals surface area contributed by atoms with Gasteiger partial charge in [0.15, 0.2) is 6.79 Å². The first-order chi connectivity index (χ1) is 9.33. The van der Waals surface area contributed by atoms with Crippen molar-refractivity contribution in [2.24, 2.45) is 5.92 Å². The first kappa shape index (κ1) is 12.8. The lowest BCUT2D eigenvalue weighted by Crippen LogP contribution is -2.14. The molecule has 0 aromatic heterocycles. The predicted octanol–water partition coefficient (Wildman–Crippen LogP) is 2.84. The van der Waals surface area contributed by atoms with Crippen molar-refractivity contribution in [1.29, 1.82) is 0 Å². The van der Waals surface area contributed by atoms with E-state index in [1.807, 2.05) is 12.1 Å². The second kappa shape index (κ2) is 5.80. The van der Waals surface area contributed by atoms with Gasteiger partial charge in [0.1, 0.15) is 5.75 Å². The first-order valence-electron chi connectivity index (χ1n) is 7.02. The minimum atomic E-state index is 0.312. The Morgan fingerprint density at radius 3 is 2.95 bits per heavy atom. The molecular weight excluding hydrogens is 242 g/mol. The van der Waals surface area contributed by atoms with Crippen LogP contribution in [-0.4, -0.2) is 13.4 Å². The Bertz CT molecular complexity index is 441. The molecule has 2 N–H and O–H groups in total. The molecule has 1 aromatic rings. The molecule has 1 fully saturated rings. The maximum atomic E-state index is 5.91. The van der Waals surface area contributed by atoms with Crippen LogP contribution in [0.25, 0.3) is 0 Å². The van der Waals surface area contributed by atoms with Gasteiger partial charge in [-0.15, -0.1) is 0 Å². The van der Waals surface area contributed by atoms with Crippen LogP contribution in [0, 0.1) is 5.92 Å². The molecule has 0 unspecified atom stereocenters. The van der Waals surface area contributed by atoms with Crippen LogP contribution in [0.3, 0.4) is 0 Å². The van der Waals surface area contributed by atoms with E-state index >= 15 is 0 Å². The van der Waals surface area contributed by atoms with Crippen LogP contribution in [0.4, 0.5) is 5.69 Å². The van der Waals surface area contributed by atoms with Crippen molar-refractivity contribution in [3.8, 4) is 5.75 Å². The van der Waals surface area contributed by atoms with E-state index in [1.165, 1.54) is 25.7 Å². The van der Waals surface area contributed by atoms with Crippen LogP contribution in [0.5, 0.6) is 5.75 Å². The van der Waals surface area contributed by atoms with Gasteiger partial charge in [0.05, 0.1) is 13.2 Å². The molecule has 1 aliphatic carbocycles. The van der Waals surface area contributed by atoms with Crippen LogP contribution in [0.15, 0.2) is 12.1 Å². The van der Waals surface area contributed by atoms with Gasteiger partial charge in [0.2, 0.25) is 0 Å². The SMILES string of the molecule is Nc1cc2c(c(COCC3CCCC3)c1)OCOC2. The fourth-order valence-electron chi connectivity index (χ4n) is 2.95. The topological polar surface area (TPSA) is 53.7 Å². The lowest BCUT2D eigenvalue weighted by molar-refractivity contribution is -0.0186. The zero-order chi connectivity index (χ0) is 13.1. The van der Waals surface area contributed by atoms with E-state index in [-0.39, 0.29) is 0 Å². The van der Waals surface area contributed by atoms with Crippen molar-refractivity contribution in [3.05, 3.63) is 23.3 Å². The summed E-state index contributed by atoms with van der Waals surface area (Å²) in [7, 11) is 0. The number of hydrogen-bond acceptors (Lipinski definition) is 4. The van der Waals surface area contributed by atoms with E-state index in [9.17, 15) is 0 Å². The summed E-state index contributed by atoms with van der Waals surface area (Å²) in [6, 6.07) is 3.85. The molecule has 2 aliphatic rings. The lowest BCUT2D eigenvalue weighted by atomic mass is 10.1. The molecule has 4 heteroatoms. The third kappa shape index (κ3) is 3.01. The number of benzene rings is 1. The molecular formula is C15H21NO3. The van der Waals surface area contributed by atoms with Crippen molar-refractivity contribution < 1.29 is 14.2 Å². The minimum absolute atomic E-state index is 0.312. The van der Waals surface area contributed by atoms with Crippen molar-refractivity contribution in [2.75, 3.05) is 19.1 Å². The van der Waals surface area contributed by atoms with Crippen LogP contribution < -0.4 is 10.5 Å². The number of hydrogen-bond donors (Lipinski definition) is 1. The van der Waals surface area contributed by atoms with Crippen molar-refractivity contribution >= 4 is 5.69 Å². The van der Waals surface area contributed by atoms with Gasteiger partial charge >= 0.3 is 0 Å². The summed E-state index contributed by atoms with van der Waals surface area (Å²) in [5.74, 6) is 1.63. The van der Waals surface area contributed by atoms with Gasteiger partial charge in [0, 0.05) is 23.4 Å². The highest BCUT2D eigenvalue weighted by molar-refractivity contribution is 5.53. The Labute approximate surface area is 113 Å². The maximum Gasteiger partial charge on any atom is 0.189 e. The Hall–Kier alpha value is -1.26. The van der Waals surface area contributed by atoms with Gasteiger partial charge in [-0.1, -0.05) is 12.8 Å². The van der Waals surface area contributed by atoms with Gasteiger partial charge < -0.3 is 19.9 Å². The van der Waals surface area contributed by atoms with E-state index in [2.05, 4.69) is 0 Å². The summed E-state index contributed by atoms with van der Waals surface area (Å²) in [6.45, 7) is 2.30. The maximum absolute atomic E-state index is 5.91. The van der Waals surface area contributed by atoms with Gasteiger partial charge in [-0.25, -0.2) is 0 Å². The predicted molar refractivity (Wildman–Crippen MR) is 72.8 cm³/mol. The normalized spacial score (nSPS) is 19.2.